The highest BCUT2D eigenvalue weighted by Gasteiger charge is 2.01. The minimum absolute atomic E-state index is 0.311. The molecule has 0 heterocycles. The van der Waals surface area contributed by atoms with Gasteiger partial charge in [-0.15, -0.1) is 0 Å². The summed E-state index contributed by atoms with van der Waals surface area (Å²) in [5, 5.41) is 0. The van der Waals surface area contributed by atoms with E-state index in [0.717, 1.165) is 23.7 Å². The van der Waals surface area contributed by atoms with Crippen LogP contribution < -0.4 is 5.73 Å². The Morgan fingerprint density at radius 3 is 2.46 bits per heavy atom. The summed E-state index contributed by atoms with van der Waals surface area (Å²) < 4.78 is 1.13. The van der Waals surface area contributed by atoms with Gasteiger partial charge >= 0.3 is 0 Å². The Balaban J connectivity index is 2.49. The van der Waals surface area contributed by atoms with Crippen LogP contribution >= 0.6 is 15.9 Å². The van der Waals surface area contributed by atoms with Crippen LogP contribution in [0, 0.1) is 0 Å². The molecule has 0 saturated carbocycles. The molecule has 1 nitrogen and oxygen atoms in total. The highest BCUT2D eigenvalue weighted by molar-refractivity contribution is 9.10. The molecule has 1 aromatic rings. The Bertz CT molecular complexity index is 243. The van der Waals surface area contributed by atoms with E-state index < -0.39 is 0 Å². The molecule has 0 saturated heterocycles. The molecule has 0 amide bonds. The standard InChI is InChI=1S/C11H16BrN/c1-2-3-11(13)8-9-4-6-10(12)7-5-9/h4-7,11H,2-3,8,13H2,1H3. The quantitative estimate of drug-likeness (QED) is 0.862. The van der Waals surface area contributed by atoms with E-state index in [1.165, 1.54) is 5.56 Å². The summed E-state index contributed by atoms with van der Waals surface area (Å²) in [6.07, 6.45) is 3.26. The smallest absolute Gasteiger partial charge is 0.0175 e. The van der Waals surface area contributed by atoms with Crippen LogP contribution in [0.5, 0.6) is 0 Å². The second-order valence-corrected chi connectivity index (χ2v) is 4.30. The molecular formula is C11H16BrN. The Labute approximate surface area is 88.5 Å². The zero-order chi connectivity index (χ0) is 9.68. The normalized spacial score (nSPS) is 12.8. The molecule has 2 heteroatoms. The first kappa shape index (κ1) is 10.7. The fraction of sp³-hybridized carbons (Fsp3) is 0.455. The third-order valence-electron chi connectivity index (χ3n) is 2.07. The number of nitrogens with two attached hydrogens (primary N) is 1. The van der Waals surface area contributed by atoms with Gasteiger partial charge in [0.1, 0.15) is 0 Å². The van der Waals surface area contributed by atoms with E-state index in [4.69, 9.17) is 5.73 Å². The van der Waals surface area contributed by atoms with Gasteiger partial charge in [-0.2, -0.15) is 0 Å². The molecule has 2 N–H and O–H groups in total. The molecule has 0 spiro atoms. The van der Waals surface area contributed by atoms with Crippen molar-refractivity contribution in [3.63, 3.8) is 0 Å². The van der Waals surface area contributed by atoms with Crippen LogP contribution in [0.4, 0.5) is 0 Å². The monoisotopic (exact) mass is 241 g/mol. The molecule has 0 aliphatic rings. The molecule has 0 aliphatic carbocycles. The minimum atomic E-state index is 0.311. The maximum atomic E-state index is 5.94. The van der Waals surface area contributed by atoms with E-state index in [0.29, 0.717) is 6.04 Å². The van der Waals surface area contributed by atoms with Crippen molar-refractivity contribution in [1.82, 2.24) is 0 Å². The predicted molar refractivity (Wildman–Crippen MR) is 60.7 cm³/mol. The molecule has 1 aromatic carbocycles. The van der Waals surface area contributed by atoms with Gasteiger partial charge in [0.25, 0.3) is 0 Å². The van der Waals surface area contributed by atoms with Crippen molar-refractivity contribution >= 4 is 15.9 Å². The Hall–Kier alpha value is -0.340. The van der Waals surface area contributed by atoms with Crippen LogP contribution in [0.25, 0.3) is 0 Å². The minimum Gasteiger partial charge on any atom is -0.327 e. The first-order valence-electron chi connectivity index (χ1n) is 4.72. The highest BCUT2D eigenvalue weighted by atomic mass is 79.9. The van der Waals surface area contributed by atoms with Crippen molar-refractivity contribution < 1.29 is 0 Å². The Morgan fingerprint density at radius 2 is 1.92 bits per heavy atom. The van der Waals surface area contributed by atoms with Crippen molar-refractivity contribution in [3.8, 4) is 0 Å². The van der Waals surface area contributed by atoms with Crippen LogP contribution in [0.1, 0.15) is 25.3 Å². The van der Waals surface area contributed by atoms with E-state index in [1.54, 1.807) is 0 Å². The number of hydrogen-bond acceptors (Lipinski definition) is 1. The lowest BCUT2D eigenvalue weighted by molar-refractivity contribution is 0.600. The molecule has 0 aromatic heterocycles. The van der Waals surface area contributed by atoms with Crippen LogP contribution in [0.2, 0.25) is 0 Å². The van der Waals surface area contributed by atoms with Gasteiger partial charge in [-0.05, 0) is 30.5 Å². The third kappa shape index (κ3) is 3.92. The summed E-state index contributed by atoms with van der Waals surface area (Å²) in [5.41, 5.74) is 7.27. The van der Waals surface area contributed by atoms with Crippen LogP contribution in [-0.2, 0) is 6.42 Å². The van der Waals surface area contributed by atoms with Gasteiger partial charge < -0.3 is 5.73 Å². The van der Waals surface area contributed by atoms with Gasteiger partial charge in [0, 0.05) is 10.5 Å². The Kier molecular flexibility index (Phi) is 4.46. The molecule has 1 unspecified atom stereocenters. The van der Waals surface area contributed by atoms with Crippen molar-refractivity contribution in [3.05, 3.63) is 34.3 Å². The lowest BCUT2D eigenvalue weighted by Gasteiger charge is -2.09. The molecule has 13 heavy (non-hydrogen) atoms. The van der Waals surface area contributed by atoms with Gasteiger partial charge in [-0.3, -0.25) is 0 Å². The van der Waals surface area contributed by atoms with Crippen molar-refractivity contribution in [2.75, 3.05) is 0 Å². The lowest BCUT2D eigenvalue weighted by atomic mass is 10.0. The Morgan fingerprint density at radius 1 is 1.31 bits per heavy atom. The van der Waals surface area contributed by atoms with E-state index in [1.807, 2.05) is 0 Å². The molecule has 1 rings (SSSR count). The summed E-state index contributed by atoms with van der Waals surface area (Å²) >= 11 is 3.41. The van der Waals surface area contributed by atoms with Gasteiger partial charge in [-0.1, -0.05) is 41.4 Å². The average molecular weight is 242 g/mol. The highest BCUT2D eigenvalue weighted by Crippen LogP contribution is 2.12. The molecule has 0 bridgehead atoms. The second-order valence-electron chi connectivity index (χ2n) is 3.38. The largest absolute Gasteiger partial charge is 0.327 e. The summed E-state index contributed by atoms with van der Waals surface area (Å²) in [6.45, 7) is 2.17. The van der Waals surface area contributed by atoms with E-state index in [-0.39, 0.29) is 0 Å². The van der Waals surface area contributed by atoms with Gasteiger partial charge in [0.15, 0.2) is 0 Å². The summed E-state index contributed by atoms with van der Waals surface area (Å²) in [5.74, 6) is 0. The molecule has 0 radical (unpaired) electrons. The SMILES string of the molecule is CCCC(N)Cc1ccc(Br)cc1. The van der Waals surface area contributed by atoms with E-state index >= 15 is 0 Å². The summed E-state index contributed by atoms with van der Waals surface area (Å²) in [4.78, 5) is 0. The molecular weight excluding hydrogens is 226 g/mol. The fourth-order valence-corrected chi connectivity index (χ4v) is 1.66. The number of hydrogen-bond donors (Lipinski definition) is 1. The summed E-state index contributed by atoms with van der Waals surface area (Å²) in [6, 6.07) is 8.69. The number of halogens is 1. The van der Waals surface area contributed by atoms with Crippen LogP contribution in [0.3, 0.4) is 0 Å². The topological polar surface area (TPSA) is 26.0 Å². The van der Waals surface area contributed by atoms with Gasteiger partial charge in [-0.25, -0.2) is 0 Å². The van der Waals surface area contributed by atoms with Crippen molar-refractivity contribution in [1.29, 1.82) is 0 Å². The predicted octanol–water partition coefficient (Wildman–Crippen LogP) is 3.12. The van der Waals surface area contributed by atoms with Crippen LogP contribution in [0.15, 0.2) is 28.7 Å². The van der Waals surface area contributed by atoms with Gasteiger partial charge in [0.05, 0.1) is 0 Å². The number of benzene rings is 1. The lowest BCUT2D eigenvalue weighted by Crippen LogP contribution is -2.22. The first-order valence-corrected chi connectivity index (χ1v) is 5.51. The maximum absolute atomic E-state index is 5.94. The number of rotatable bonds is 4. The van der Waals surface area contributed by atoms with Crippen molar-refractivity contribution in [2.24, 2.45) is 5.73 Å². The van der Waals surface area contributed by atoms with E-state index in [9.17, 15) is 0 Å². The first-order chi connectivity index (χ1) is 6.22. The fourth-order valence-electron chi connectivity index (χ4n) is 1.40. The third-order valence-corrected chi connectivity index (χ3v) is 2.60. The zero-order valence-corrected chi connectivity index (χ0v) is 9.55. The van der Waals surface area contributed by atoms with Crippen LogP contribution in [-0.4, -0.2) is 6.04 Å². The molecule has 0 aliphatic heterocycles. The summed E-state index contributed by atoms with van der Waals surface area (Å²) in [7, 11) is 0. The maximum Gasteiger partial charge on any atom is 0.0175 e. The van der Waals surface area contributed by atoms with E-state index in [2.05, 4.69) is 47.1 Å². The second kappa shape index (κ2) is 5.40. The van der Waals surface area contributed by atoms with Crippen molar-refractivity contribution in [2.45, 2.75) is 32.2 Å². The average Bonchev–Trinajstić information content (AvgIpc) is 2.09. The molecule has 72 valence electrons. The zero-order valence-electron chi connectivity index (χ0n) is 7.96. The molecule has 0 fully saturated rings. The molecule has 1 atom stereocenters. The van der Waals surface area contributed by atoms with Gasteiger partial charge in [0.2, 0.25) is 0 Å².